The van der Waals surface area contributed by atoms with Crippen molar-refractivity contribution in [1.82, 2.24) is 19.6 Å². The summed E-state index contributed by atoms with van der Waals surface area (Å²) in [7, 11) is 0. The summed E-state index contributed by atoms with van der Waals surface area (Å²) in [6.07, 6.45) is -3.05. The minimum atomic E-state index is -4.56. The maximum Gasteiger partial charge on any atom is 0.417 e. The Balaban J connectivity index is 2.03. The molecule has 25 heavy (non-hydrogen) atoms. The van der Waals surface area contributed by atoms with Gasteiger partial charge in [0.25, 0.3) is 5.56 Å². The van der Waals surface area contributed by atoms with Crippen molar-refractivity contribution < 1.29 is 13.2 Å². The van der Waals surface area contributed by atoms with E-state index in [0.717, 1.165) is 6.07 Å². The van der Waals surface area contributed by atoms with E-state index in [2.05, 4.69) is 15.1 Å². The predicted octanol–water partition coefficient (Wildman–Crippen LogP) is 3.57. The van der Waals surface area contributed by atoms with Gasteiger partial charge in [-0.2, -0.15) is 22.8 Å². The average Bonchev–Trinajstić information content (AvgIpc) is 2.94. The summed E-state index contributed by atoms with van der Waals surface area (Å²) in [4.78, 5) is 19.3. The van der Waals surface area contributed by atoms with E-state index in [1.165, 1.54) is 35.0 Å². The van der Waals surface area contributed by atoms with Gasteiger partial charge in [-0.1, -0.05) is 18.2 Å². The van der Waals surface area contributed by atoms with E-state index in [4.69, 9.17) is 0 Å². The van der Waals surface area contributed by atoms with Crippen molar-refractivity contribution in [3.05, 3.63) is 64.2 Å². The van der Waals surface area contributed by atoms with Crippen LogP contribution in [0.25, 0.3) is 27.8 Å². The molecule has 5 nitrogen and oxygen atoms in total. The largest absolute Gasteiger partial charge is 0.417 e. The third-order valence-electron chi connectivity index (χ3n) is 3.93. The lowest BCUT2D eigenvalue weighted by Gasteiger charge is -2.12. The van der Waals surface area contributed by atoms with Crippen LogP contribution in [0.3, 0.4) is 0 Å². The van der Waals surface area contributed by atoms with Crippen LogP contribution in [0.4, 0.5) is 13.2 Å². The third kappa shape index (κ3) is 2.46. The second-order valence-corrected chi connectivity index (χ2v) is 5.67. The minimum Gasteiger partial charge on any atom is -0.306 e. The Hall–Kier alpha value is -3.16. The van der Waals surface area contributed by atoms with Crippen LogP contribution in [0.2, 0.25) is 0 Å². The molecule has 0 bridgehead atoms. The Morgan fingerprint density at radius 3 is 2.64 bits per heavy atom. The van der Waals surface area contributed by atoms with Crippen molar-refractivity contribution in [2.24, 2.45) is 0 Å². The summed E-state index contributed by atoms with van der Waals surface area (Å²) >= 11 is 0. The molecule has 0 spiro atoms. The number of aryl methyl sites for hydroxylation is 1. The Morgan fingerprint density at radius 1 is 1.12 bits per heavy atom. The van der Waals surface area contributed by atoms with Gasteiger partial charge >= 0.3 is 6.18 Å². The Morgan fingerprint density at radius 2 is 1.88 bits per heavy atom. The second-order valence-electron chi connectivity index (χ2n) is 5.67. The van der Waals surface area contributed by atoms with Crippen molar-refractivity contribution in [2.75, 3.05) is 0 Å². The number of aromatic nitrogens is 4. The number of halogens is 3. The maximum atomic E-state index is 13.3. The van der Waals surface area contributed by atoms with Gasteiger partial charge in [0.2, 0.25) is 0 Å². The Labute approximate surface area is 138 Å². The van der Waals surface area contributed by atoms with E-state index in [9.17, 15) is 18.0 Å². The van der Waals surface area contributed by atoms with Crippen LogP contribution in [-0.4, -0.2) is 19.6 Å². The summed E-state index contributed by atoms with van der Waals surface area (Å²) in [5.74, 6) is 0. The summed E-state index contributed by atoms with van der Waals surface area (Å²) in [5, 5.41) is 4.73. The van der Waals surface area contributed by atoms with Crippen molar-refractivity contribution >= 4 is 16.7 Å². The van der Waals surface area contributed by atoms with Crippen molar-refractivity contribution in [2.45, 2.75) is 13.1 Å². The first-order valence-corrected chi connectivity index (χ1v) is 7.39. The van der Waals surface area contributed by atoms with E-state index in [-0.39, 0.29) is 11.1 Å². The molecule has 1 aromatic carbocycles. The van der Waals surface area contributed by atoms with Crippen LogP contribution >= 0.6 is 0 Å². The zero-order chi connectivity index (χ0) is 17.8. The van der Waals surface area contributed by atoms with Crippen LogP contribution in [0.15, 0.2) is 47.4 Å². The number of hydrogen-bond acceptors (Lipinski definition) is 3. The van der Waals surface area contributed by atoms with E-state index >= 15 is 0 Å². The number of hydrogen-bond donors (Lipinski definition) is 1. The lowest BCUT2D eigenvalue weighted by molar-refractivity contribution is -0.137. The van der Waals surface area contributed by atoms with Crippen molar-refractivity contribution in [3.63, 3.8) is 0 Å². The molecule has 0 unspecified atom stereocenters. The van der Waals surface area contributed by atoms with E-state index in [1.807, 2.05) is 0 Å². The van der Waals surface area contributed by atoms with Gasteiger partial charge in [-0.15, -0.1) is 0 Å². The molecule has 0 amide bonds. The number of H-pyrrole nitrogens is 1. The maximum absolute atomic E-state index is 13.3. The van der Waals surface area contributed by atoms with Crippen LogP contribution in [0.5, 0.6) is 0 Å². The number of benzene rings is 1. The van der Waals surface area contributed by atoms with Crippen LogP contribution in [0.1, 0.15) is 11.3 Å². The molecular weight excluding hydrogens is 333 g/mol. The fourth-order valence-corrected chi connectivity index (χ4v) is 2.85. The molecule has 0 atom stereocenters. The topological polar surface area (TPSA) is 63.0 Å². The molecule has 4 aromatic rings. The summed E-state index contributed by atoms with van der Waals surface area (Å²) in [6, 6.07) is 8.14. The number of fused-ring (bicyclic) bond motifs is 3. The average molecular weight is 344 g/mol. The van der Waals surface area contributed by atoms with Crippen LogP contribution < -0.4 is 5.56 Å². The van der Waals surface area contributed by atoms with Crippen LogP contribution in [-0.2, 0) is 6.18 Å². The first-order chi connectivity index (χ1) is 11.8. The highest BCUT2D eigenvalue weighted by molar-refractivity contribution is 5.82. The fraction of sp³-hybridized carbons (Fsp3) is 0.118. The Bertz CT molecular complexity index is 1170. The van der Waals surface area contributed by atoms with E-state index in [0.29, 0.717) is 22.4 Å². The molecule has 1 N–H and O–H groups in total. The van der Waals surface area contributed by atoms with Gasteiger partial charge in [0.1, 0.15) is 5.65 Å². The molecule has 0 saturated heterocycles. The Kier molecular flexibility index (Phi) is 3.18. The van der Waals surface area contributed by atoms with Gasteiger partial charge in [0, 0.05) is 23.2 Å². The zero-order valence-corrected chi connectivity index (χ0v) is 12.9. The summed E-state index contributed by atoms with van der Waals surface area (Å²) in [6.45, 7) is 1.78. The zero-order valence-electron chi connectivity index (χ0n) is 12.9. The van der Waals surface area contributed by atoms with Gasteiger partial charge in [-0.25, -0.2) is 4.98 Å². The molecular formula is C17H11F3N4O. The second kappa shape index (κ2) is 5.17. The van der Waals surface area contributed by atoms with Gasteiger partial charge in [0.15, 0.2) is 5.65 Å². The smallest absolute Gasteiger partial charge is 0.306 e. The molecule has 0 aliphatic carbocycles. The summed E-state index contributed by atoms with van der Waals surface area (Å²) in [5.41, 5.74) is -0.0678. The molecule has 0 aliphatic heterocycles. The van der Waals surface area contributed by atoms with Gasteiger partial charge in [0.05, 0.1) is 11.3 Å². The molecule has 0 aliphatic rings. The molecule has 3 heterocycles. The normalized spacial score (nSPS) is 12.2. The van der Waals surface area contributed by atoms with Crippen LogP contribution in [0, 0.1) is 6.92 Å². The quantitative estimate of drug-likeness (QED) is 0.574. The first kappa shape index (κ1) is 15.4. The third-order valence-corrected chi connectivity index (χ3v) is 3.93. The lowest BCUT2D eigenvalue weighted by Crippen LogP contribution is -2.14. The van der Waals surface area contributed by atoms with Crippen molar-refractivity contribution in [1.29, 1.82) is 0 Å². The van der Waals surface area contributed by atoms with E-state index in [1.54, 1.807) is 13.0 Å². The molecule has 3 aromatic heterocycles. The van der Waals surface area contributed by atoms with Gasteiger partial charge in [-0.05, 0) is 24.6 Å². The lowest BCUT2D eigenvalue weighted by atomic mass is 10.00. The number of nitrogens with one attached hydrogen (secondary N) is 1. The number of nitrogens with zero attached hydrogens (tertiary/aromatic N) is 3. The SMILES string of the molecule is Cc1cc2ncc3cc(-c4ccccc4C(F)(F)F)c(=O)[nH]c3n2n1. The highest BCUT2D eigenvalue weighted by Crippen LogP contribution is 2.36. The standard InChI is InChI=1S/C17H11F3N4O/c1-9-6-14-21-8-10-7-12(16(25)22-15(10)24(14)23-9)11-4-2-3-5-13(11)17(18,19)20/h2-8H,1H3,(H,22,25). The number of rotatable bonds is 1. The number of pyridine rings is 1. The fourth-order valence-electron chi connectivity index (χ4n) is 2.85. The van der Waals surface area contributed by atoms with Gasteiger partial charge < -0.3 is 4.98 Å². The molecule has 4 rings (SSSR count). The summed E-state index contributed by atoms with van der Waals surface area (Å²) < 4.78 is 41.2. The highest BCUT2D eigenvalue weighted by Gasteiger charge is 2.33. The molecule has 0 fully saturated rings. The van der Waals surface area contributed by atoms with Gasteiger partial charge in [-0.3, -0.25) is 4.79 Å². The molecule has 126 valence electrons. The molecule has 8 heteroatoms. The number of alkyl halides is 3. The minimum absolute atomic E-state index is 0.0644. The van der Waals surface area contributed by atoms with Crippen molar-refractivity contribution in [3.8, 4) is 11.1 Å². The molecule has 0 radical (unpaired) electrons. The predicted molar refractivity (Wildman–Crippen MR) is 86.3 cm³/mol. The number of aromatic amines is 1. The monoisotopic (exact) mass is 344 g/mol. The highest BCUT2D eigenvalue weighted by atomic mass is 19.4. The van der Waals surface area contributed by atoms with E-state index < -0.39 is 17.3 Å². The first-order valence-electron chi connectivity index (χ1n) is 7.39. The molecule has 0 saturated carbocycles.